The van der Waals surface area contributed by atoms with Gasteiger partial charge >= 0.3 is 15.5 Å². The van der Waals surface area contributed by atoms with Crippen molar-refractivity contribution < 1.29 is 21.6 Å². The lowest BCUT2D eigenvalue weighted by Crippen LogP contribution is -2.37. The van der Waals surface area contributed by atoms with E-state index in [1.807, 2.05) is 0 Å². The number of hydrogen-bond donors (Lipinski definition) is 0. The molecule has 1 aromatic rings. The van der Waals surface area contributed by atoms with E-state index in [1.54, 1.807) is 30.3 Å². The standard InChI is InChI=1S/C9H10F3NO2S/c1-13(16(14,15)9(10,11)12)7-8-5-3-2-4-6-8/h2-6H,7H2,1H3. The zero-order chi connectivity index (χ0) is 12.4. The van der Waals surface area contributed by atoms with Gasteiger partial charge in [0.05, 0.1) is 0 Å². The molecular weight excluding hydrogens is 243 g/mol. The Morgan fingerprint density at radius 1 is 1.19 bits per heavy atom. The third-order valence-corrected chi connectivity index (χ3v) is 3.49. The van der Waals surface area contributed by atoms with Crippen LogP contribution in [-0.2, 0) is 16.6 Å². The van der Waals surface area contributed by atoms with Crippen LogP contribution in [0.3, 0.4) is 0 Å². The van der Waals surface area contributed by atoms with Gasteiger partial charge in [-0.05, 0) is 5.56 Å². The molecule has 7 heteroatoms. The van der Waals surface area contributed by atoms with E-state index in [-0.39, 0.29) is 10.8 Å². The quantitative estimate of drug-likeness (QED) is 0.825. The monoisotopic (exact) mass is 253 g/mol. The molecule has 0 aliphatic heterocycles. The van der Waals surface area contributed by atoms with Gasteiger partial charge in [-0.1, -0.05) is 30.3 Å². The maximum Gasteiger partial charge on any atom is 0.511 e. The molecule has 0 aliphatic rings. The molecule has 16 heavy (non-hydrogen) atoms. The maximum absolute atomic E-state index is 12.2. The summed E-state index contributed by atoms with van der Waals surface area (Å²) >= 11 is 0. The van der Waals surface area contributed by atoms with Gasteiger partial charge in [-0.2, -0.15) is 17.5 Å². The van der Waals surface area contributed by atoms with Gasteiger partial charge in [-0.25, -0.2) is 8.42 Å². The molecule has 0 saturated carbocycles. The smallest absolute Gasteiger partial charge is 0.203 e. The molecule has 3 nitrogen and oxygen atoms in total. The zero-order valence-electron chi connectivity index (χ0n) is 8.40. The molecule has 1 aromatic carbocycles. The van der Waals surface area contributed by atoms with Crippen LogP contribution >= 0.6 is 0 Å². The van der Waals surface area contributed by atoms with Crippen LogP contribution in [0.2, 0.25) is 0 Å². The van der Waals surface area contributed by atoms with Crippen molar-refractivity contribution in [3.8, 4) is 0 Å². The molecule has 0 radical (unpaired) electrons. The van der Waals surface area contributed by atoms with Gasteiger partial charge in [0.25, 0.3) is 0 Å². The molecule has 0 spiro atoms. The number of alkyl halides is 3. The van der Waals surface area contributed by atoms with Crippen molar-refractivity contribution in [2.45, 2.75) is 12.1 Å². The first kappa shape index (κ1) is 13.0. The summed E-state index contributed by atoms with van der Waals surface area (Å²) in [7, 11) is -4.34. The SMILES string of the molecule is CN(Cc1ccccc1)S(=O)(=O)C(F)(F)F. The lowest BCUT2D eigenvalue weighted by molar-refractivity contribution is -0.0484. The second-order valence-electron chi connectivity index (χ2n) is 3.19. The van der Waals surface area contributed by atoms with Crippen LogP contribution in [0.4, 0.5) is 13.2 Å². The number of halogens is 3. The third-order valence-electron chi connectivity index (χ3n) is 1.95. The fourth-order valence-electron chi connectivity index (χ4n) is 1.10. The van der Waals surface area contributed by atoms with Gasteiger partial charge in [0, 0.05) is 13.6 Å². The van der Waals surface area contributed by atoms with E-state index in [1.165, 1.54) is 0 Å². The molecule has 1 rings (SSSR count). The highest BCUT2D eigenvalue weighted by atomic mass is 32.2. The summed E-state index contributed by atoms with van der Waals surface area (Å²) in [5.74, 6) is 0. The summed E-state index contributed by atoms with van der Waals surface area (Å²) in [6.45, 7) is -0.303. The Balaban J connectivity index is 2.86. The highest BCUT2D eigenvalue weighted by Crippen LogP contribution is 2.26. The first-order valence-electron chi connectivity index (χ1n) is 4.31. The van der Waals surface area contributed by atoms with Crippen LogP contribution in [-0.4, -0.2) is 25.3 Å². The summed E-state index contributed by atoms with van der Waals surface area (Å²) < 4.78 is 58.7. The molecule has 0 heterocycles. The Kier molecular flexibility index (Phi) is 3.59. The van der Waals surface area contributed by atoms with Gasteiger partial charge in [-0.3, -0.25) is 0 Å². The second-order valence-corrected chi connectivity index (χ2v) is 5.23. The first-order chi connectivity index (χ1) is 7.25. The van der Waals surface area contributed by atoms with E-state index in [9.17, 15) is 21.6 Å². The van der Waals surface area contributed by atoms with Crippen molar-refractivity contribution >= 4 is 10.0 Å². The Bertz CT molecular complexity index is 442. The van der Waals surface area contributed by atoms with E-state index in [4.69, 9.17) is 0 Å². The van der Waals surface area contributed by atoms with Crippen molar-refractivity contribution in [3.63, 3.8) is 0 Å². The average molecular weight is 253 g/mol. The maximum atomic E-state index is 12.2. The zero-order valence-corrected chi connectivity index (χ0v) is 9.22. The fraction of sp³-hybridized carbons (Fsp3) is 0.333. The third kappa shape index (κ3) is 2.73. The van der Waals surface area contributed by atoms with Crippen molar-refractivity contribution in [3.05, 3.63) is 35.9 Å². The van der Waals surface area contributed by atoms with Crippen LogP contribution in [0.15, 0.2) is 30.3 Å². The molecule has 0 aliphatic carbocycles. The van der Waals surface area contributed by atoms with Crippen LogP contribution in [0.25, 0.3) is 0 Å². The Hall–Kier alpha value is -1.08. The first-order valence-corrected chi connectivity index (χ1v) is 5.75. The molecule has 0 amide bonds. The normalized spacial score (nSPS) is 13.1. The van der Waals surface area contributed by atoms with Gasteiger partial charge < -0.3 is 0 Å². The number of benzene rings is 1. The van der Waals surface area contributed by atoms with Gasteiger partial charge in [0.1, 0.15) is 0 Å². The van der Waals surface area contributed by atoms with Crippen molar-refractivity contribution in [2.75, 3.05) is 7.05 Å². The van der Waals surface area contributed by atoms with Crippen molar-refractivity contribution in [1.82, 2.24) is 4.31 Å². The molecule has 0 aromatic heterocycles. The number of sulfonamides is 1. The van der Waals surface area contributed by atoms with Crippen molar-refractivity contribution in [2.24, 2.45) is 0 Å². The topological polar surface area (TPSA) is 37.4 Å². The summed E-state index contributed by atoms with van der Waals surface area (Å²) in [6.07, 6.45) is 0. The van der Waals surface area contributed by atoms with E-state index in [0.717, 1.165) is 7.05 Å². The Morgan fingerprint density at radius 2 is 1.69 bits per heavy atom. The minimum absolute atomic E-state index is 0.280. The molecule has 0 N–H and O–H groups in total. The molecule has 0 atom stereocenters. The number of nitrogens with zero attached hydrogens (tertiary/aromatic N) is 1. The predicted octanol–water partition coefficient (Wildman–Crippen LogP) is 1.97. The van der Waals surface area contributed by atoms with E-state index < -0.39 is 15.5 Å². The molecule has 90 valence electrons. The molecule has 0 unspecified atom stereocenters. The Morgan fingerprint density at radius 3 is 2.12 bits per heavy atom. The Labute approximate surface area is 91.5 Å². The van der Waals surface area contributed by atoms with E-state index in [2.05, 4.69) is 0 Å². The van der Waals surface area contributed by atoms with E-state index >= 15 is 0 Å². The summed E-state index contributed by atoms with van der Waals surface area (Å²) in [6, 6.07) is 8.07. The highest BCUT2D eigenvalue weighted by Gasteiger charge is 2.48. The van der Waals surface area contributed by atoms with Crippen LogP contribution in [0.1, 0.15) is 5.56 Å². The number of rotatable bonds is 3. The minimum atomic E-state index is -5.25. The average Bonchev–Trinajstić information content (AvgIpc) is 2.17. The number of hydrogen-bond acceptors (Lipinski definition) is 2. The van der Waals surface area contributed by atoms with Crippen LogP contribution < -0.4 is 0 Å². The predicted molar refractivity (Wildman–Crippen MR) is 52.9 cm³/mol. The van der Waals surface area contributed by atoms with Gasteiger partial charge in [0.15, 0.2) is 0 Å². The largest absolute Gasteiger partial charge is 0.511 e. The summed E-state index contributed by atoms with van der Waals surface area (Å²) in [4.78, 5) is 0. The minimum Gasteiger partial charge on any atom is -0.203 e. The highest BCUT2D eigenvalue weighted by molar-refractivity contribution is 7.89. The molecule has 0 bridgehead atoms. The van der Waals surface area contributed by atoms with Gasteiger partial charge in [0.2, 0.25) is 0 Å². The van der Waals surface area contributed by atoms with Crippen molar-refractivity contribution in [1.29, 1.82) is 0 Å². The lowest BCUT2D eigenvalue weighted by Gasteiger charge is -2.18. The van der Waals surface area contributed by atoms with Crippen LogP contribution in [0.5, 0.6) is 0 Å². The van der Waals surface area contributed by atoms with Crippen LogP contribution in [0, 0.1) is 0 Å². The lowest BCUT2D eigenvalue weighted by atomic mass is 10.2. The molecule has 0 saturated heterocycles. The second kappa shape index (κ2) is 4.42. The summed E-state index contributed by atoms with van der Waals surface area (Å²) in [5.41, 5.74) is -4.76. The molecular formula is C9H10F3NO2S. The van der Waals surface area contributed by atoms with E-state index in [0.29, 0.717) is 5.56 Å². The molecule has 0 fully saturated rings. The fourth-order valence-corrected chi connectivity index (χ4v) is 1.77. The summed E-state index contributed by atoms with van der Waals surface area (Å²) in [5, 5.41) is 0. The van der Waals surface area contributed by atoms with Gasteiger partial charge in [-0.15, -0.1) is 0 Å².